The predicted octanol–water partition coefficient (Wildman–Crippen LogP) is 0.557. The molecule has 4 atom stereocenters. The van der Waals surface area contributed by atoms with E-state index in [1.165, 1.54) is 12.1 Å². The summed E-state index contributed by atoms with van der Waals surface area (Å²) in [5, 5.41) is 19.2. The van der Waals surface area contributed by atoms with Crippen molar-refractivity contribution in [2.75, 3.05) is 0 Å². The van der Waals surface area contributed by atoms with Gasteiger partial charge in [-0.25, -0.2) is 0 Å². The van der Waals surface area contributed by atoms with E-state index in [2.05, 4.69) is 0 Å². The van der Waals surface area contributed by atoms with Crippen molar-refractivity contribution in [3.8, 4) is 0 Å². The molecule has 1 aromatic rings. The smallest absolute Gasteiger partial charge is 0.297 e. The summed E-state index contributed by atoms with van der Waals surface area (Å²) >= 11 is 0. The molecule has 0 bridgehead atoms. The van der Waals surface area contributed by atoms with Crippen molar-refractivity contribution in [2.24, 2.45) is 0 Å². The molecule has 7 heteroatoms. The Hall–Kier alpha value is -0.990. The molecule has 1 saturated heterocycles. The summed E-state index contributed by atoms with van der Waals surface area (Å²) in [5.41, 5.74) is 0.932. The van der Waals surface area contributed by atoms with Crippen LogP contribution in [-0.2, 0) is 19.0 Å². The number of ether oxygens (including phenoxy) is 1. The van der Waals surface area contributed by atoms with E-state index in [0.717, 1.165) is 5.56 Å². The third kappa shape index (κ3) is 3.36. The first kappa shape index (κ1) is 15.4. The maximum absolute atomic E-state index is 12.1. The van der Waals surface area contributed by atoms with E-state index < -0.39 is 34.7 Å². The van der Waals surface area contributed by atoms with Gasteiger partial charge in [-0.15, -0.1) is 0 Å². The summed E-state index contributed by atoms with van der Waals surface area (Å²) in [7, 11) is -3.98. The third-order valence-corrected chi connectivity index (χ3v) is 4.53. The lowest BCUT2D eigenvalue weighted by atomic mass is 10.0. The number of hydrogen-bond acceptors (Lipinski definition) is 6. The second kappa shape index (κ2) is 5.79. The van der Waals surface area contributed by atoms with Gasteiger partial charge >= 0.3 is 0 Å². The first-order chi connectivity index (χ1) is 9.29. The molecule has 0 spiro atoms. The minimum atomic E-state index is -3.98. The fraction of sp³-hybridized carbons (Fsp3) is 0.538. The monoisotopic (exact) mass is 302 g/mol. The summed E-state index contributed by atoms with van der Waals surface area (Å²) < 4.78 is 34.4. The number of aliphatic hydroxyl groups is 2. The molecule has 0 amide bonds. The van der Waals surface area contributed by atoms with Crippen LogP contribution in [0.1, 0.15) is 18.9 Å². The highest BCUT2D eigenvalue weighted by atomic mass is 32.2. The van der Waals surface area contributed by atoms with Crippen molar-refractivity contribution >= 4 is 10.1 Å². The molecule has 0 saturated carbocycles. The van der Waals surface area contributed by atoms with Gasteiger partial charge in [0, 0.05) is 6.42 Å². The molecular formula is C13H18O6S. The van der Waals surface area contributed by atoms with Gasteiger partial charge in [0.2, 0.25) is 0 Å². The summed E-state index contributed by atoms with van der Waals surface area (Å²) in [6, 6.07) is 6.22. The van der Waals surface area contributed by atoms with Gasteiger partial charge in [0.05, 0.1) is 17.1 Å². The van der Waals surface area contributed by atoms with Gasteiger partial charge in [-0.3, -0.25) is 4.18 Å². The zero-order valence-corrected chi connectivity index (χ0v) is 12.1. The van der Waals surface area contributed by atoms with Gasteiger partial charge in [-0.05, 0) is 26.0 Å². The molecule has 2 rings (SSSR count). The number of aryl methyl sites for hydroxylation is 1. The van der Waals surface area contributed by atoms with Crippen molar-refractivity contribution < 1.29 is 27.6 Å². The van der Waals surface area contributed by atoms with Gasteiger partial charge in [0.1, 0.15) is 6.10 Å². The molecule has 0 aromatic heterocycles. The topological polar surface area (TPSA) is 93.1 Å². The Balaban J connectivity index is 2.17. The number of benzene rings is 1. The van der Waals surface area contributed by atoms with Crippen LogP contribution in [-0.4, -0.2) is 43.2 Å². The zero-order valence-electron chi connectivity index (χ0n) is 11.3. The van der Waals surface area contributed by atoms with Crippen molar-refractivity contribution in [3.05, 3.63) is 29.8 Å². The summed E-state index contributed by atoms with van der Waals surface area (Å²) in [4.78, 5) is 0.0219. The lowest BCUT2D eigenvalue weighted by Crippen LogP contribution is -2.49. The minimum absolute atomic E-state index is 0.0219. The number of aliphatic hydroxyl groups excluding tert-OH is 2. The normalized spacial score (nSPS) is 31.2. The highest BCUT2D eigenvalue weighted by Crippen LogP contribution is 2.25. The van der Waals surface area contributed by atoms with E-state index in [9.17, 15) is 18.6 Å². The first-order valence-corrected chi connectivity index (χ1v) is 7.72. The molecule has 0 unspecified atom stereocenters. The van der Waals surface area contributed by atoms with E-state index in [1.807, 2.05) is 6.92 Å². The lowest BCUT2D eigenvalue weighted by Gasteiger charge is -2.35. The Labute approximate surface area is 118 Å². The Morgan fingerprint density at radius 1 is 1.25 bits per heavy atom. The SMILES string of the molecule is Cc1ccc(S(=O)(=O)O[C@H]2[C@H](C)O[C@H](O)C[C@@H]2O)cc1. The Bertz CT molecular complexity index is 541. The van der Waals surface area contributed by atoms with Crippen molar-refractivity contribution in [2.45, 2.75) is 49.8 Å². The molecule has 0 aliphatic carbocycles. The summed E-state index contributed by atoms with van der Waals surface area (Å²) in [6.07, 6.45) is -4.06. The molecule has 1 aliphatic rings. The van der Waals surface area contributed by atoms with E-state index in [0.29, 0.717) is 0 Å². The molecule has 112 valence electrons. The molecule has 20 heavy (non-hydrogen) atoms. The summed E-state index contributed by atoms with van der Waals surface area (Å²) in [6.45, 7) is 3.39. The molecule has 1 aromatic carbocycles. The Morgan fingerprint density at radius 2 is 1.85 bits per heavy atom. The van der Waals surface area contributed by atoms with Gasteiger partial charge < -0.3 is 14.9 Å². The second-order valence-electron chi connectivity index (χ2n) is 4.93. The van der Waals surface area contributed by atoms with Crippen LogP contribution in [0, 0.1) is 6.92 Å². The first-order valence-electron chi connectivity index (χ1n) is 6.31. The van der Waals surface area contributed by atoms with Crippen molar-refractivity contribution in [1.29, 1.82) is 0 Å². The highest BCUT2D eigenvalue weighted by molar-refractivity contribution is 7.86. The van der Waals surface area contributed by atoms with E-state index in [-0.39, 0.29) is 11.3 Å². The van der Waals surface area contributed by atoms with Crippen LogP contribution in [0.3, 0.4) is 0 Å². The van der Waals surface area contributed by atoms with E-state index >= 15 is 0 Å². The average molecular weight is 302 g/mol. The van der Waals surface area contributed by atoms with Gasteiger partial charge in [-0.2, -0.15) is 8.42 Å². The average Bonchev–Trinajstić information content (AvgIpc) is 2.34. The fourth-order valence-corrected chi connectivity index (χ4v) is 3.24. The lowest BCUT2D eigenvalue weighted by molar-refractivity contribution is -0.220. The van der Waals surface area contributed by atoms with Gasteiger partial charge in [-0.1, -0.05) is 17.7 Å². The third-order valence-electron chi connectivity index (χ3n) is 3.20. The quantitative estimate of drug-likeness (QED) is 0.792. The van der Waals surface area contributed by atoms with Crippen LogP contribution in [0.15, 0.2) is 29.2 Å². The van der Waals surface area contributed by atoms with Crippen LogP contribution >= 0.6 is 0 Å². The predicted molar refractivity (Wildman–Crippen MR) is 70.4 cm³/mol. The second-order valence-corrected chi connectivity index (χ2v) is 6.50. The van der Waals surface area contributed by atoms with Crippen LogP contribution in [0.4, 0.5) is 0 Å². The Morgan fingerprint density at radius 3 is 2.40 bits per heavy atom. The number of hydrogen-bond donors (Lipinski definition) is 2. The Kier molecular flexibility index (Phi) is 4.46. The maximum Gasteiger partial charge on any atom is 0.297 e. The molecule has 2 N–H and O–H groups in total. The largest absolute Gasteiger partial charge is 0.390 e. The number of rotatable bonds is 3. The maximum atomic E-state index is 12.1. The fourth-order valence-electron chi connectivity index (χ4n) is 2.08. The zero-order chi connectivity index (χ0) is 14.9. The highest BCUT2D eigenvalue weighted by Gasteiger charge is 2.38. The molecule has 1 aliphatic heterocycles. The van der Waals surface area contributed by atoms with Crippen molar-refractivity contribution in [3.63, 3.8) is 0 Å². The van der Waals surface area contributed by atoms with Crippen LogP contribution in [0.2, 0.25) is 0 Å². The van der Waals surface area contributed by atoms with Crippen LogP contribution in [0.5, 0.6) is 0 Å². The van der Waals surface area contributed by atoms with Crippen LogP contribution < -0.4 is 0 Å². The van der Waals surface area contributed by atoms with Gasteiger partial charge in [0.25, 0.3) is 10.1 Å². The van der Waals surface area contributed by atoms with Crippen molar-refractivity contribution in [1.82, 2.24) is 0 Å². The summed E-state index contributed by atoms with van der Waals surface area (Å²) in [5.74, 6) is 0. The molecular weight excluding hydrogens is 284 g/mol. The molecule has 6 nitrogen and oxygen atoms in total. The molecule has 1 heterocycles. The van der Waals surface area contributed by atoms with Crippen LogP contribution in [0.25, 0.3) is 0 Å². The minimum Gasteiger partial charge on any atom is -0.390 e. The standard InChI is InChI=1S/C13H18O6S/c1-8-3-5-10(6-4-8)20(16,17)19-13-9(2)18-12(15)7-11(13)14/h3-6,9,11-15H,7H2,1-2H3/t9-,11-,12-,13-/m0/s1. The van der Waals surface area contributed by atoms with E-state index in [1.54, 1.807) is 19.1 Å². The molecule has 1 fully saturated rings. The molecule has 0 radical (unpaired) electrons. The van der Waals surface area contributed by atoms with E-state index in [4.69, 9.17) is 8.92 Å². The van der Waals surface area contributed by atoms with Gasteiger partial charge in [0.15, 0.2) is 6.29 Å².